The molecule has 0 bridgehead atoms. The molecule has 80 valence electrons. The molecule has 0 aromatic carbocycles. The van der Waals surface area contributed by atoms with E-state index in [1.807, 2.05) is 0 Å². The van der Waals surface area contributed by atoms with E-state index in [0.717, 1.165) is 17.7 Å². The van der Waals surface area contributed by atoms with E-state index in [0.29, 0.717) is 0 Å². The molecular formula is C11H25NS. The number of thiol groups is 1. The summed E-state index contributed by atoms with van der Waals surface area (Å²) in [5.74, 6) is 1.78. The van der Waals surface area contributed by atoms with Crippen LogP contribution in [0.2, 0.25) is 0 Å². The van der Waals surface area contributed by atoms with E-state index in [-0.39, 0.29) is 0 Å². The molecule has 2 heteroatoms. The van der Waals surface area contributed by atoms with Crippen molar-refractivity contribution < 1.29 is 0 Å². The van der Waals surface area contributed by atoms with Crippen LogP contribution < -0.4 is 0 Å². The Morgan fingerprint density at radius 1 is 1.15 bits per heavy atom. The van der Waals surface area contributed by atoms with Crippen molar-refractivity contribution in [2.75, 3.05) is 18.8 Å². The minimum Gasteiger partial charge on any atom is -0.301 e. The van der Waals surface area contributed by atoms with Crippen molar-refractivity contribution in [3.05, 3.63) is 0 Å². The maximum atomic E-state index is 4.38. The first-order valence-electron chi connectivity index (χ1n) is 5.54. The van der Waals surface area contributed by atoms with Gasteiger partial charge >= 0.3 is 0 Å². The van der Waals surface area contributed by atoms with Gasteiger partial charge in [-0.05, 0) is 31.6 Å². The minimum absolute atomic E-state index is 0.721. The van der Waals surface area contributed by atoms with Gasteiger partial charge in [-0.1, -0.05) is 27.2 Å². The SMILES string of the molecule is CCC(CS)CN(CC)C(C)CC. The van der Waals surface area contributed by atoms with Crippen LogP contribution in [0.4, 0.5) is 0 Å². The van der Waals surface area contributed by atoms with Gasteiger partial charge in [0.25, 0.3) is 0 Å². The summed E-state index contributed by atoms with van der Waals surface area (Å²) >= 11 is 4.38. The summed E-state index contributed by atoms with van der Waals surface area (Å²) < 4.78 is 0. The smallest absolute Gasteiger partial charge is 0.00643 e. The van der Waals surface area contributed by atoms with Gasteiger partial charge in [0.05, 0.1) is 0 Å². The average Bonchev–Trinajstić information content (AvgIpc) is 2.19. The Kier molecular flexibility index (Phi) is 7.87. The third-order valence-electron chi connectivity index (χ3n) is 2.95. The summed E-state index contributed by atoms with van der Waals surface area (Å²) in [6.07, 6.45) is 2.49. The van der Waals surface area contributed by atoms with Crippen LogP contribution in [-0.2, 0) is 0 Å². The monoisotopic (exact) mass is 203 g/mol. The number of hydrogen-bond acceptors (Lipinski definition) is 2. The Balaban J connectivity index is 3.94. The van der Waals surface area contributed by atoms with Crippen molar-refractivity contribution in [3.63, 3.8) is 0 Å². The quantitative estimate of drug-likeness (QED) is 0.622. The van der Waals surface area contributed by atoms with Gasteiger partial charge < -0.3 is 4.90 Å². The highest BCUT2D eigenvalue weighted by atomic mass is 32.1. The van der Waals surface area contributed by atoms with E-state index in [1.54, 1.807) is 0 Å². The molecule has 0 rings (SSSR count). The molecular weight excluding hydrogens is 178 g/mol. The molecule has 0 N–H and O–H groups in total. The maximum Gasteiger partial charge on any atom is 0.00643 e. The molecule has 0 aliphatic rings. The van der Waals surface area contributed by atoms with Crippen LogP contribution in [0.25, 0.3) is 0 Å². The standard InChI is InChI=1S/C11H25NS/c1-5-10(4)12(7-3)8-11(6-2)9-13/h10-11,13H,5-9H2,1-4H3. The topological polar surface area (TPSA) is 3.24 Å². The lowest BCUT2D eigenvalue weighted by atomic mass is 10.1. The Bertz CT molecular complexity index is 113. The highest BCUT2D eigenvalue weighted by Crippen LogP contribution is 2.11. The van der Waals surface area contributed by atoms with Gasteiger partial charge in [0.1, 0.15) is 0 Å². The second kappa shape index (κ2) is 7.69. The molecule has 0 aromatic rings. The summed E-state index contributed by atoms with van der Waals surface area (Å²) in [6.45, 7) is 11.5. The molecule has 13 heavy (non-hydrogen) atoms. The molecule has 0 aromatic heterocycles. The second-order valence-electron chi connectivity index (χ2n) is 3.80. The third kappa shape index (κ3) is 4.92. The fraction of sp³-hybridized carbons (Fsp3) is 1.00. The zero-order valence-corrected chi connectivity index (χ0v) is 10.5. The summed E-state index contributed by atoms with van der Waals surface area (Å²) in [5, 5.41) is 0. The zero-order chi connectivity index (χ0) is 10.3. The Morgan fingerprint density at radius 2 is 1.77 bits per heavy atom. The fourth-order valence-electron chi connectivity index (χ4n) is 1.53. The average molecular weight is 203 g/mol. The molecule has 0 spiro atoms. The molecule has 2 unspecified atom stereocenters. The summed E-state index contributed by atoms with van der Waals surface area (Å²) in [7, 11) is 0. The molecule has 0 heterocycles. The number of rotatable bonds is 7. The molecule has 0 aliphatic heterocycles. The van der Waals surface area contributed by atoms with Gasteiger partial charge in [-0.3, -0.25) is 0 Å². The first-order chi connectivity index (χ1) is 6.19. The summed E-state index contributed by atoms with van der Waals surface area (Å²) in [4.78, 5) is 2.56. The van der Waals surface area contributed by atoms with Crippen molar-refractivity contribution in [1.82, 2.24) is 4.90 Å². The van der Waals surface area contributed by atoms with Crippen molar-refractivity contribution in [2.45, 2.75) is 46.6 Å². The van der Waals surface area contributed by atoms with Crippen LogP contribution in [0.1, 0.15) is 40.5 Å². The highest BCUT2D eigenvalue weighted by molar-refractivity contribution is 7.80. The predicted molar refractivity (Wildman–Crippen MR) is 64.6 cm³/mol. The lowest BCUT2D eigenvalue weighted by Gasteiger charge is -2.30. The third-order valence-corrected chi connectivity index (χ3v) is 3.47. The van der Waals surface area contributed by atoms with Gasteiger partial charge in [-0.15, -0.1) is 0 Å². The predicted octanol–water partition coefficient (Wildman–Crippen LogP) is 3.06. The van der Waals surface area contributed by atoms with Gasteiger partial charge in [0.2, 0.25) is 0 Å². The van der Waals surface area contributed by atoms with E-state index < -0.39 is 0 Å². The van der Waals surface area contributed by atoms with Crippen LogP contribution in [0.5, 0.6) is 0 Å². The highest BCUT2D eigenvalue weighted by Gasteiger charge is 2.14. The molecule has 2 atom stereocenters. The Hall–Kier alpha value is 0.310. The first kappa shape index (κ1) is 13.3. The minimum atomic E-state index is 0.721. The Labute approximate surface area is 89.3 Å². The van der Waals surface area contributed by atoms with E-state index in [4.69, 9.17) is 0 Å². The van der Waals surface area contributed by atoms with Crippen molar-refractivity contribution in [2.24, 2.45) is 5.92 Å². The van der Waals surface area contributed by atoms with Gasteiger partial charge in [-0.2, -0.15) is 12.6 Å². The Morgan fingerprint density at radius 3 is 2.08 bits per heavy atom. The second-order valence-corrected chi connectivity index (χ2v) is 4.17. The van der Waals surface area contributed by atoms with Crippen LogP contribution in [0.3, 0.4) is 0 Å². The molecule has 0 amide bonds. The number of nitrogens with zero attached hydrogens (tertiary/aromatic N) is 1. The van der Waals surface area contributed by atoms with Crippen LogP contribution >= 0.6 is 12.6 Å². The van der Waals surface area contributed by atoms with E-state index in [2.05, 4.69) is 45.2 Å². The molecule has 1 nitrogen and oxygen atoms in total. The van der Waals surface area contributed by atoms with Crippen molar-refractivity contribution >= 4 is 12.6 Å². The van der Waals surface area contributed by atoms with Gasteiger partial charge in [-0.25, -0.2) is 0 Å². The fourth-order valence-corrected chi connectivity index (χ4v) is 1.90. The zero-order valence-electron chi connectivity index (χ0n) is 9.58. The molecule has 0 radical (unpaired) electrons. The largest absolute Gasteiger partial charge is 0.301 e. The van der Waals surface area contributed by atoms with Crippen LogP contribution in [0.15, 0.2) is 0 Å². The van der Waals surface area contributed by atoms with E-state index in [1.165, 1.54) is 25.9 Å². The van der Waals surface area contributed by atoms with Gasteiger partial charge in [0.15, 0.2) is 0 Å². The summed E-state index contributed by atoms with van der Waals surface area (Å²) in [5.41, 5.74) is 0. The molecule has 0 saturated heterocycles. The van der Waals surface area contributed by atoms with Crippen molar-refractivity contribution in [1.29, 1.82) is 0 Å². The summed E-state index contributed by atoms with van der Waals surface area (Å²) in [6, 6.07) is 0.721. The van der Waals surface area contributed by atoms with Crippen LogP contribution in [0, 0.1) is 5.92 Å². The van der Waals surface area contributed by atoms with Crippen LogP contribution in [-0.4, -0.2) is 29.8 Å². The molecule has 0 fully saturated rings. The lowest BCUT2D eigenvalue weighted by Crippen LogP contribution is -2.36. The first-order valence-corrected chi connectivity index (χ1v) is 6.17. The van der Waals surface area contributed by atoms with E-state index >= 15 is 0 Å². The molecule has 0 aliphatic carbocycles. The lowest BCUT2D eigenvalue weighted by molar-refractivity contribution is 0.186. The van der Waals surface area contributed by atoms with E-state index in [9.17, 15) is 0 Å². The maximum absolute atomic E-state index is 4.38. The van der Waals surface area contributed by atoms with Gasteiger partial charge in [0, 0.05) is 12.6 Å². The normalized spacial score (nSPS) is 16.2. The van der Waals surface area contributed by atoms with Crippen molar-refractivity contribution in [3.8, 4) is 0 Å². The molecule has 0 saturated carbocycles. The number of hydrogen-bond donors (Lipinski definition) is 1.